The van der Waals surface area contributed by atoms with Crippen molar-refractivity contribution in [2.45, 2.75) is 64.1 Å². The molecule has 1 aliphatic carbocycles. The van der Waals surface area contributed by atoms with Crippen LogP contribution in [0.4, 0.5) is 16.2 Å². The predicted molar refractivity (Wildman–Crippen MR) is 111 cm³/mol. The Morgan fingerprint density at radius 2 is 1.83 bits per heavy atom. The van der Waals surface area contributed by atoms with Gasteiger partial charge in [-0.1, -0.05) is 28.8 Å². The zero-order valence-corrected chi connectivity index (χ0v) is 18.5. The normalized spacial score (nSPS) is 19.2. The summed E-state index contributed by atoms with van der Waals surface area (Å²) >= 11 is 3.20. The summed E-state index contributed by atoms with van der Waals surface area (Å²) in [5, 5.41) is 17.6. The molecule has 2 atom stereocenters. The number of halogens is 1. The first-order chi connectivity index (χ1) is 13.5. The van der Waals surface area contributed by atoms with Gasteiger partial charge in [0, 0.05) is 16.6 Å². The number of amides is 1. The minimum absolute atomic E-state index is 0.0511. The summed E-state index contributed by atoms with van der Waals surface area (Å²) in [6.45, 7) is 5.32. The molecule has 0 aromatic heterocycles. The van der Waals surface area contributed by atoms with Crippen molar-refractivity contribution in [3.63, 3.8) is 0 Å². The number of nitrogens with one attached hydrogen (secondary N) is 2. The van der Waals surface area contributed by atoms with Crippen LogP contribution < -0.4 is 10.6 Å². The second-order valence-corrected chi connectivity index (χ2v) is 8.80. The molecule has 1 amide bonds. The lowest BCUT2D eigenvalue weighted by molar-refractivity contribution is -0.384. The van der Waals surface area contributed by atoms with Crippen molar-refractivity contribution in [1.82, 2.24) is 5.32 Å². The third kappa shape index (κ3) is 6.31. The van der Waals surface area contributed by atoms with Crippen molar-refractivity contribution in [3.05, 3.63) is 32.3 Å². The van der Waals surface area contributed by atoms with Crippen LogP contribution in [0.15, 0.2) is 16.6 Å². The molecule has 10 heteroatoms. The van der Waals surface area contributed by atoms with Gasteiger partial charge in [0.25, 0.3) is 5.69 Å². The standard InChI is InChI=1S/C19H26BrN3O6/c1-19(2,3)29-18(25)22-14-8-6-5-7-13(14)21-16-12(17(24)28-4)9-11(20)10-15(16)23(26)27/h9-10,13-14,21H,5-8H2,1-4H3,(H,22,25)/t13-,14+/m1/s1. The predicted octanol–water partition coefficient (Wildman–Crippen LogP) is 4.39. The number of carbonyl (C=O) groups excluding carboxylic acids is 2. The lowest BCUT2D eigenvalue weighted by Crippen LogP contribution is -2.50. The van der Waals surface area contributed by atoms with Crippen molar-refractivity contribution < 1.29 is 24.0 Å². The number of alkyl carbamates (subject to hydrolysis) is 1. The molecule has 0 unspecified atom stereocenters. The number of carbonyl (C=O) groups is 2. The molecule has 0 bridgehead atoms. The van der Waals surface area contributed by atoms with Gasteiger partial charge in [0.1, 0.15) is 11.3 Å². The number of nitrogens with zero attached hydrogens (tertiary/aromatic N) is 1. The Morgan fingerprint density at radius 1 is 1.21 bits per heavy atom. The molecule has 2 rings (SSSR count). The lowest BCUT2D eigenvalue weighted by Gasteiger charge is -2.34. The van der Waals surface area contributed by atoms with E-state index in [2.05, 4.69) is 26.6 Å². The van der Waals surface area contributed by atoms with E-state index < -0.39 is 22.6 Å². The Morgan fingerprint density at radius 3 is 2.38 bits per heavy atom. The maximum absolute atomic E-state index is 12.2. The van der Waals surface area contributed by atoms with E-state index in [1.54, 1.807) is 20.8 Å². The number of anilines is 1. The molecule has 29 heavy (non-hydrogen) atoms. The van der Waals surface area contributed by atoms with Crippen LogP contribution in [0.5, 0.6) is 0 Å². The van der Waals surface area contributed by atoms with Gasteiger partial charge in [0.2, 0.25) is 0 Å². The minimum atomic E-state index is -0.690. The van der Waals surface area contributed by atoms with Gasteiger partial charge in [-0.05, 0) is 39.7 Å². The zero-order chi connectivity index (χ0) is 21.8. The van der Waals surface area contributed by atoms with Crippen LogP contribution in [0.3, 0.4) is 0 Å². The third-order valence-electron chi connectivity index (χ3n) is 4.48. The number of nitro groups is 1. The molecule has 1 fully saturated rings. The van der Waals surface area contributed by atoms with E-state index in [9.17, 15) is 19.7 Å². The SMILES string of the molecule is COC(=O)c1cc(Br)cc([N+](=O)[O-])c1N[C@@H]1CCCC[C@@H]1NC(=O)OC(C)(C)C. The molecule has 1 aromatic rings. The van der Waals surface area contributed by atoms with E-state index in [1.807, 2.05) is 0 Å². The van der Waals surface area contributed by atoms with E-state index in [-0.39, 0.29) is 29.0 Å². The quantitative estimate of drug-likeness (QED) is 0.371. The summed E-state index contributed by atoms with van der Waals surface area (Å²) in [7, 11) is 1.21. The van der Waals surface area contributed by atoms with Crippen LogP contribution in [0.2, 0.25) is 0 Å². The molecule has 0 aliphatic heterocycles. The first kappa shape index (κ1) is 22.9. The van der Waals surface area contributed by atoms with Crippen LogP contribution in [0, 0.1) is 10.1 Å². The van der Waals surface area contributed by atoms with Crippen molar-refractivity contribution >= 4 is 39.4 Å². The molecule has 0 radical (unpaired) electrons. The Balaban J connectivity index is 2.33. The van der Waals surface area contributed by atoms with E-state index in [0.717, 1.165) is 12.8 Å². The molecule has 0 spiro atoms. The average molecular weight is 472 g/mol. The Bertz CT molecular complexity index is 793. The number of hydrogen-bond donors (Lipinski definition) is 2. The fourth-order valence-corrected chi connectivity index (χ4v) is 3.73. The summed E-state index contributed by atoms with van der Waals surface area (Å²) in [5.74, 6) is -0.690. The molecule has 0 saturated heterocycles. The Labute approximate surface area is 177 Å². The minimum Gasteiger partial charge on any atom is -0.465 e. The lowest BCUT2D eigenvalue weighted by atomic mass is 9.90. The molecule has 9 nitrogen and oxygen atoms in total. The van der Waals surface area contributed by atoms with Gasteiger partial charge in [-0.15, -0.1) is 0 Å². The zero-order valence-electron chi connectivity index (χ0n) is 16.9. The smallest absolute Gasteiger partial charge is 0.407 e. The molecule has 0 heterocycles. The first-order valence-corrected chi connectivity index (χ1v) is 10.1. The van der Waals surface area contributed by atoms with E-state index in [0.29, 0.717) is 17.3 Å². The number of nitro benzene ring substituents is 1. The fourth-order valence-electron chi connectivity index (χ4n) is 3.28. The van der Waals surface area contributed by atoms with E-state index in [1.165, 1.54) is 19.2 Å². The molecule has 1 aliphatic rings. The molecule has 2 N–H and O–H groups in total. The van der Waals surface area contributed by atoms with Gasteiger partial charge in [0.05, 0.1) is 23.6 Å². The van der Waals surface area contributed by atoms with Crippen molar-refractivity contribution in [2.24, 2.45) is 0 Å². The molecule has 1 saturated carbocycles. The number of esters is 1. The molecular weight excluding hydrogens is 446 g/mol. The maximum Gasteiger partial charge on any atom is 0.407 e. The van der Waals surface area contributed by atoms with Gasteiger partial charge in [0.15, 0.2) is 0 Å². The number of rotatable bonds is 5. The van der Waals surface area contributed by atoms with Crippen LogP contribution in [0.25, 0.3) is 0 Å². The maximum atomic E-state index is 12.2. The monoisotopic (exact) mass is 471 g/mol. The second kappa shape index (κ2) is 9.43. The number of methoxy groups -OCH3 is 1. The van der Waals surface area contributed by atoms with Crippen molar-refractivity contribution in [1.29, 1.82) is 0 Å². The van der Waals surface area contributed by atoms with Gasteiger partial charge in [-0.25, -0.2) is 9.59 Å². The van der Waals surface area contributed by atoms with Crippen LogP contribution >= 0.6 is 15.9 Å². The summed E-state index contributed by atoms with van der Waals surface area (Å²) in [4.78, 5) is 35.5. The third-order valence-corrected chi connectivity index (χ3v) is 4.94. The molecule has 160 valence electrons. The van der Waals surface area contributed by atoms with Gasteiger partial charge < -0.3 is 20.1 Å². The largest absolute Gasteiger partial charge is 0.465 e. The molecular formula is C19H26BrN3O6. The summed E-state index contributed by atoms with van der Waals surface area (Å²) < 4.78 is 10.5. The van der Waals surface area contributed by atoms with Crippen molar-refractivity contribution in [3.8, 4) is 0 Å². The van der Waals surface area contributed by atoms with Crippen LogP contribution in [-0.2, 0) is 9.47 Å². The summed E-state index contributed by atoms with van der Waals surface area (Å²) in [5.41, 5.74) is -0.756. The van der Waals surface area contributed by atoms with Gasteiger partial charge in [-0.3, -0.25) is 10.1 Å². The highest BCUT2D eigenvalue weighted by Gasteiger charge is 2.32. The van der Waals surface area contributed by atoms with Crippen LogP contribution in [0.1, 0.15) is 56.8 Å². The second-order valence-electron chi connectivity index (χ2n) is 7.88. The highest BCUT2D eigenvalue weighted by molar-refractivity contribution is 9.10. The highest BCUT2D eigenvalue weighted by Crippen LogP contribution is 2.35. The summed E-state index contributed by atoms with van der Waals surface area (Å²) in [6.07, 6.45) is 2.62. The average Bonchev–Trinajstić information content (AvgIpc) is 2.61. The summed E-state index contributed by atoms with van der Waals surface area (Å²) in [6, 6.07) is 2.20. The molecule has 1 aromatic carbocycles. The highest BCUT2D eigenvalue weighted by atomic mass is 79.9. The number of hydrogen-bond acceptors (Lipinski definition) is 7. The Kier molecular flexibility index (Phi) is 7.45. The van der Waals surface area contributed by atoms with Gasteiger partial charge in [-0.2, -0.15) is 0 Å². The topological polar surface area (TPSA) is 120 Å². The first-order valence-electron chi connectivity index (χ1n) is 9.34. The van der Waals surface area contributed by atoms with Crippen LogP contribution in [-0.4, -0.2) is 41.8 Å². The number of ether oxygens (including phenoxy) is 2. The van der Waals surface area contributed by atoms with Gasteiger partial charge >= 0.3 is 12.1 Å². The van der Waals surface area contributed by atoms with Crippen molar-refractivity contribution in [2.75, 3.05) is 12.4 Å². The number of benzene rings is 1. The van der Waals surface area contributed by atoms with E-state index >= 15 is 0 Å². The van der Waals surface area contributed by atoms with E-state index in [4.69, 9.17) is 9.47 Å². The fraction of sp³-hybridized carbons (Fsp3) is 0.579. The Hall–Kier alpha value is -2.36.